The van der Waals surface area contributed by atoms with Gasteiger partial charge >= 0.3 is 6.03 Å². The van der Waals surface area contributed by atoms with Crippen molar-refractivity contribution in [1.29, 1.82) is 0 Å². The van der Waals surface area contributed by atoms with Crippen LogP contribution in [0.2, 0.25) is 0 Å². The third kappa shape index (κ3) is 9.84. The van der Waals surface area contributed by atoms with Crippen LogP contribution in [0.1, 0.15) is 50.4 Å². The van der Waals surface area contributed by atoms with Gasteiger partial charge in [-0.1, -0.05) is 13.0 Å². The van der Waals surface area contributed by atoms with Crippen LogP contribution in [-0.4, -0.2) is 94.0 Å². The predicted octanol–water partition coefficient (Wildman–Crippen LogP) is 5.52. The number of nitrogens with one attached hydrogen (secondary N) is 2. The number of carbonyl (C=O) groups excluding carboxylic acids is 2. The minimum absolute atomic E-state index is 0.150. The van der Waals surface area contributed by atoms with Crippen LogP contribution in [0.4, 0.5) is 16.2 Å². The van der Waals surface area contributed by atoms with Gasteiger partial charge in [0, 0.05) is 44.0 Å². The number of aliphatic hydroxyl groups is 1. The average molecular weight is 703 g/mol. The van der Waals surface area contributed by atoms with E-state index in [2.05, 4.69) is 10.0 Å². The molecular formula is C34H46N4O8S2. The fourth-order valence-corrected chi connectivity index (χ4v) is 7.36. The van der Waals surface area contributed by atoms with Crippen molar-refractivity contribution in [2.24, 2.45) is 5.92 Å². The maximum Gasteiger partial charge on any atom is 0.321 e. The van der Waals surface area contributed by atoms with Crippen LogP contribution in [0.3, 0.4) is 0 Å². The number of methoxy groups -OCH3 is 1. The van der Waals surface area contributed by atoms with Crippen LogP contribution in [-0.2, 0) is 14.8 Å². The van der Waals surface area contributed by atoms with E-state index in [1.807, 2.05) is 13.8 Å². The highest BCUT2D eigenvalue weighted by molar-refractivity contribution is 7.94. The van der Waals surface area contributed by atoms with E-state index in [1.54, 1.807) is 78.7 Å². The fraction of sp³-hybridized carbons (Fsp3) is 0.471. The molecule has 2 heterocycles. The van der Waals surface area contributed by atoms with Crippen molar-refractivity contribution < 1.29 is 37.3 Å². The lowest BCUT2D eigenvalue weighted by atomic mass is 10.0. The standard InChI is InChI=1S/C34H46N4O8S2/c1-23-20-38(24(2)22-39)33(40)29-19-27(36-48(42,43)32-10-8-18-47-32)13-16-30(29)46-25(3)9-6-7-17-45-31(23)21-37(4)34(41)35-26-11-14-28(44-5)15-12-26/h8,10-16,18-19,23-25,31,36,39H,6-7,9,17,20-22H2,1-5H3,(H,35,41)/t23-,24+,25-,31+/m1/s1. The van der Waals surface area contributed by atoms with Gasteiger partial charge in [-0.15, -0.1) is 11.3 Å². The summed E-state index contributed by atoms with van der Waals surface area (Å²) in [4.78, 5) is 30.6. The van der Waals surface area contributed by atoms with Gasteiger partial charge in [-0.05, 0) is 87.0 Å². The Labute approximate surface area is 287 Å². The SMILES string of the molecule is COc1ccc(NC(=O)N(C)C[C@@H]2OCCCC[C@@H](C)Oc3ccc(NS(=O)(=O)c4cccs4)cc3C(=O)N([C@@H](C)CO)C[C@H]2C)cc1. The zero-order chi connectivity index (χ0) is 34.8. The molecule has 48 heavy (non-hydrogen) atoms. The van der Waals surface area contributed by atoms with E-state index in [0.29, 0.717) is 30.2 Å². The summed E-state index contributed by atoms with van der Waals surface area (Å²) in [5, 5.41) is 14.8. The molecule has 2 aromatic carbocycles. The number of fused-ring (bicyclic) bond motifs is 1. The first-order chi connectivity index (χ1) is 22.9. The molecule has 4 atom stereocenters. The van der Waals surface area contributed by atoms with Crippen molar-refractivity contribution in [2.45, 2.75) is 62.5 Å². The molecule has 262 valence electrons. The molecule has 0 radical (unpaired) electrons. The molecule has 3 aromatic rings. The van der Waals surface area contributed by atoms with Crippen LogP contribution >= 0.6 is 11.3 Å². The van der Waals surface area contributed by atoms with Gasteiger partial charge in [-0.2, -0.15) is 0 Å². The minimum Gasteiger partial charge on any atom is -0.497 e. The third-order valence-electron chi connectivity index (χ3n) is 8.21. The van der Waals surface area contributed by atoms with Crippen LogP contribution in [0.5, 0.6) is 11.5 Å². The quantitative estimate of drug-likeness (QED) is 0.264. The molecule has 1 aromatic heterocycles. The van der Waals surface area contributed by atoms with Crippen molar-refractivity contribution in [3.8, 4) is 11.5 Å². The maximum atomic E-state index is 14.3. The molecule has 0 spiro atoms. The molecule has 0 bridgehead atoms. The highest BCUT2D eigenvalue weighted by Gasteiger charge is 2.31. The molecule has 4 rings (SSSR count). The summed E-state index contributed by atoms with van der Waals surface area (Å²) < 4.78 is 46.5. The molecule has 12 nitrogen and oxygen atoms in total. The Kier molecular flexibility index (Phi) is 13.1. The summed E-state index contributed by atoms with van der Waals surface area (Å²) in [5.74, 6) is 0.322. The molecule has 0 saturated carbocycles. The van der Waals surface area contributed by atoms with Gasteiger partial charge < -0.3 is 34.4 Å². The van der Waals surface area contributed by atoms with Gasteiger partial charge in [0.05, 0.1) is 37.5 Å². The molecule has 1 aliphatic heterocycles. The molecule has 3 amide bonds. The van der Waals surface area contributed by atoms with Gasteiger partial charge in [-0.3, -0.25) is 9.52 Å². The number of urea groups is 1. The molecule has 0 unspecified atom stereocenters. The summed E-state index contributed by atoms with van der Waals surface area (Å²) in [6.07, 6.45) is 1.61. The third-order valence-corrected chi connectivity index (χ3v) is 11.0. The molecule has 0 aliphatic carbocycles. The second kappa shape index (κ2) is 17.0. The number of sulfonamides is 1. The van der Waals surface area contributed by atoms with Gasteiger partial charge in [0.15, 0.2) is 0 Å². The summed E-state index contributed by atoms with van der Waals surface area (Å²) in [7, 11) is -0.599. The molecule has 3 N–H and O–H groups in total. The number of carbonyl (C=O) groups is 2. The highest BCUT2D eigenvalue weighted by atomic mass is 32.2. The molecular weight excluding hydrogens is 657 g/mol. The largest absolute Gasteiger partial charge is 0.497 e. The Morgan fingerprint density at radius 2 is 1.88 bits per heavy atom. The molecule has 0 fully saturated rings. The smallest absolute Gasteiger partial charge is 0.321 e. The Bertz CT molecular complexity index is 1600. The Hall–Kier alpha value is -3.85. The summed E-state index contributed by atoms with van der Waals surface area (Å²) >= 11 is 1.09. The lowest BCUT2D eigenvalue weighted by molar-refractivity contribution is -0.0115. The van der Waals surface area contributed by atoms with Crippen LogP contribution in [0, 0.1) is 5.92 Å². The zero-order valence-electron chi connectivity index (χ0n) is 28.0. The second-order valence-electron chi connectivity index (χ2n) is 12.1. The molecule has 0 saturated heterocycles. The van der Waals surface area contributed by atoms with Gasteiger partial charge in [0.25, 0.3) is 15.9 Å². The van der Waals surface area contributed by atoms with E-state index in [9.17, 15) is 23.1 Å². The number of nitrogens with zero attached hydrogens (tertiary/aromatic N) is 2. The topological polar surface area (TPSA) is 147 Å². The van der Waals surface area contributed by atoms with Crippen molar-refractivity contribution >= 4 is 44.7 Å². The number of amides is 3. The van der Waals surface area contributed by atoms with Gasteiger partial charge in [0.1, 0.15) is 15.7 Å². The Balaban J connectivity index is 1.60. The van der Waals surface area contributed by atoms with Crippen molar-refractivity contribution in [1.82, 2.24) is 9.80 Å². The van der Waals surface area contributed by atoms with Crippen molar-refractivity contribution in [3.63, 3.8) is 0 Å². The number of hydrogen-bond donors (Lipinski definition) is 3. The lowest BCUT2D eigenvalue weighted by Gasteiger charge is -2.35. The summed E-state index contributed by atoms with van der Waals surface area (Å²) in [6.45, 7) is 6.22. The van der Waals surface area contributed by atoms with E-state index in [0.717, 1.165) is 24.2 Å². The number of aliphatic hydroxyl groups excluding tert-OH is 1. The number of hydrogen-bond acceptors (Lipinski definition) is 9. The highest BCUT2D eigenvalue weighted by Crippen LogP contribution is 2.30. The minimum atomic E-state index is -3.86. The number of thiophene rings is 1. The number of likely N-dealkylation sites (N-methyl/N-ethyl adjacent to an activating group) is 1. The van der Waals surface area contributed by atoms with Crippen molar-refractivity contribution in [3.05, 3.63) is 65.5 Å². The number of benzene rings is 2. The average Bonchev–Trinajstić information content (AvgIpc) is 3.63. The van der Waals surface area contributed by atoms with Crippen molar-refractivity contribution in [2.75, 3.05) is 50.5 Å². The van der Waals surface area contributed by atoms with E-state index < -0.39 is 28.1 Å². The monoisotopic (exact) mass is 702 g/mol. The Morgan fingerprint density at radius 3 is 2.54 bits per heavy atom. The number of anilines is 2. The molecule has 14 heteroatoms. The summed E-state index contributed by atoms with van der Waals surface area (Å²) in [5.41, 5.74) is 1.00. The van der Waals surface area contributed by atoms with Crippen LogP contribution in [0.15, 0.2) is 64.2 Å². The maximum absolute atomic E-state index is 14.3. The van der Waals surface area contributed by atoms with Crippen LogP contribution < -0.4 is 19.5 Å². The first-order valence-corrected chi connectivity index (χ1v) is 18.3. The van der Waals surface area contributed by atoms with Gasteiger partial charge in [-0.25, -0.2) is 13.2 Å². The summed E-state index contributed by atoms with van der Waals surface area (Å²) in [6, 6.07) is 14.0. The fourth-order valence-electron chi connectivity index (χ4n) is 5.32. The molecule has 1 aliphatic rings. The van der Waals surface area contributed by atoms with E-state index in [-0.39, 0.29) is 53.2 Å². The van der Waals surface area contributed by atoms with Gasteiger partial charge in [0.2, 0.25) is 0 Å². The first kappa shape index (κ1) is 37.0. The number of ether oxygens (including phenoxy) is 3. The first-order valence-electron chi connectivity index (χ1n) is 16.0. The normalized spacial score (nSPS) is 20.1. The number of rotatable bonds is 9. The Morgan fingerprint density at radius 1 is 1.15 bits per heavy atom. The lowest BCUT2D eigenvalue weighted by Crippen LogP contribution is -2.48. The van der Waals surface area contributed by atoms with E-state index in [4.69, 9.17) is 14.2 Å². The zero-order valence-corrected chi connectivity index (χ0v) is 29.7. The van der Waals surface area contributed by atoms with Crippen LogP contribution in [0.25, 0.3) is 0 Å². The van der Waals surface area contributed by atoms with E-state index in [1.165, 1.54) is 12.1 Å². The second-order valence-corrected chi connectivity index (χ2v) is 14.9. The predicted molar refractivity (Wildman–Crippen MR) is 187 cm³/mol. The van der Waals surface area contributed by atoms with E-state index >= 15 is 0 Å².